The van der Waals surface area contributed by atoms with Crippen LogP contribution in [0, 0.1) is 0 Å². The molecule has 0 bridgehead atoms. The molecule has 0 radical (unpaired) electrons. The first-order valence-electron chi connectivity index (χ1n) is 1.57. The molecule has 0 saturated carbocycles. The van der Waals surface area contributed by atoms with E-state index in [-0.39, 0.29) is 62.0 Å². The minimum absolute atomic E-state index is 0. The van der Waals surface area contributed by atoms with Crippen molar-refractivity contribution in [2.75, 3.05) is 0 Å². The summed E-state index contributed by atoms with van der Waals surface area (Å²) in [6.07, 6.45) is 0. The van der Waals surface area contributed by atoms with Crippen molar-refractivity contribution in [3.05, 3.63) is 0 Å². The summed E-state index contributed by atoms with van der Waals surface area (Å²) in [5, 5.41) is 0. The van der Waals surface area contributed by atoms with E-state index >= 15 is 0 Å². The van der Waals surface area contributed by atoms with Crippen molar-refractivity contribution in [3.8, 4) is 0 Å². The zero-order chi connectivity index (χ0) is 9.00. The van der Waals surface area contributed by atoms with Crippen molar-refractivity contribution in [3.63, 3.8) is 0 Å². The average molecular weight is 378 g/mol. The molecule has 6 N–H and O–H groups in total. The highest BCUT2D eigenvalue weighted by Crippen LogP contribution is 2.26. The quantitative estimate of drug-likeness (QED) is 0.328. The van der Waals surface area contributed by atoms with E-state index in [2.05, 4.69) is 0 Å². The van der Waals surface area contributed by atoms with Crippen LogP contribution in [-0.4, -0.2) is 29.4 Å². The Morgan fingerprint density at radius 3 is 0.467 bits per heavy atom. The molecule has 15 heavy (non-hydrogen) atoms. The van der Waals surface area contributed by atoms with E-state index in [1.807, 2.05) is 0 Å². The summed E-state index contributed by atoms with van der Waals surface area (Å²) in [5.74, 6) is 0. The van der Waals surface area contributed by atoms with Gasteiger partial charge >= 0.3 is 15.6 Å². The number of hydrogen-bond donors (Lipinski definition) is 6. The summed E-state index contributed by atoms with van der Waals surface area (Å²) in [7, 11) is -9.28. The lowest BCUT2D eigenvalue weighted by Gasteiger charge is -1.82. The Hall–Kier alpha value is 1.67. The van der Waals surface area contributed by atoms with Crippen molar-refractivity contribution in [1.82, 2.24) is 0 Å². The molecule has 0 atom stereocenters. The summed E-state index contributed by atoms with van der Waals surface area (Å²) in [6.45, 7) is 0. The highest BCUT2D eigenvalue weighted by Gasteiger charge is 2.00. The molecule has 0 aliphatic carbocycles. The Balaban J connectivity index is -0.0000000128. The fourth-order valence-corrected chi connectivity index (χ4v) is 0. The molecule has 0 fully saturated rings. The standard InChI is InChI=1S/5ClH.2H3O4P/c;;;;;2*1-5(2,3)4/h5*1H;2*(H3,1,2,3,4). The lowest BCUT2D eigenvalue weighted by atomic mass is 15.8. The molecule has 0 aromatic heterocycles. The molecule has 0 aliphatic heterocycles. The van der Waals surface area contributed by atoms with Gasteiger partial charge in [0, 0.05) is 0 Å². The Morgan fingerprint density at radius 2 is 0.467 bits per heavy atom. The maximum Gasteiger partial charge on any atom is 0.466 e. The zero-order valence-corrected chi connectivity index (χ0v) is 12.3. The molecule has 104 valence electrons. The van der Waals surface area contributed by atoms with Gasteiger partial charge in [-0.1, -0.05) is 0 Å². The average Bonchev–Trinajstić information content (AvgIpc) is 1.12. The molecular formula is H11Cl5O8P2. The van der Waals surface area contributed by atoms with Gasteiger partial charge in [0.05, 0.1) is 0 Å². The van der Waals surface area contributed by atoms with E-state index < -0.39 is 15.6 Å². The van der Waals surface area contributed by atoms with Crippen molar-refractivity contribution < 1.29 is 38.5 Å². The molecule has 15 heteroatoms. The molecule has 0 heterocycles. The summed E-state index contributed by atoms with van der Waals surface area (Å²) in [6, 6.07) is 0. The monoisotopic (exact) mass is 376 g/mol. The molecule has 8 nitrogen and oxygen atoms in total. The van der Waals surface area contributed by atoms with Crippen LogP contribution in [-0.2, 0) is 9.13 Å². The third-order valence-corrected chi connectivity index (χ3v) is 0. The summed E-state index contributed by atoms with van der Waals surface area (Å²) in [4.78, 5) is 43.1. The number of phosphoric acid groups is 2. The number of hydrogen-bond acceptors (Lipinski definition) is 2. The van der Waals surface area contributed by atoms with Gasteiger partial charge in [0.2, 0.25) is 0 Å². The molecule has 0 rings (SSSR count). The molecule has 0 aromatic rings. The molecule has 0 aromatic carbocycles. The first-order chi connectivity index (χ1) is 4.00. The van der Waals surface area contributed by atoms with E-state index in [0.29, 0.717) is 0 Å². The van der Waals surface area contributed by atoms with Crippen LogP contribution in [0.3, 0.4) is 0 Å². The summed E-state index contributed by atoms with van der Waals surface area (Å²) in [5.41, 5.74) is 0. The van der Waals surface area contributed by atoms with Gasteiger partial charge in [-0.15, -0.1) is 62.0 Å². The van der Waals surface area contributed by atoms with Crippen LogP contribution in [0.5, 0.6) is 0 Å². The first kappa shape index (κ1) is 43.8. The lowest BCUT2D eigenvalue weighted by Crippen LogP contribution is -1.66. The first-order valence-corrected chi connectivity index (χ1v) is 4.70. The zero-order valence-electron chi connectivity index (χ0n) is 6.44. The van der Waals surface area contributed by atoms with Crippen molar-refractivity contribution in [2.24, 2.45) is 0 Å². The maximum atomic E-state index is 8.88. The minimum atomic E-state index is -4.64. The van der Waals surface area contributed by atoms with Gasteiger partial charge in [-0.25, -0.2) is 9.13 Å². The highest BCUT2D eigenvalue weighted by atomic mass is 35.5. The van der Waals surface area contributed by atoms with Crippen LogP contribution in [0.2, 0.25) is 0 Å². The Kier molecular flexibility index (Phi) is 52.7. The second-order valence-corrected chi connectivity index (χ2v) is 3.08. The van der Waals surface area contributed by atoms with Crippen molar-refractivity contribution >= 4 is 77.7 Å². The largest absolute Gasteiger partial charge is 0.466 e. The second kappa shape index (κ2) is 18.0. The van der Waals surface area contributed by atoms with E-state index in [1.165, 1.54) is 0 Å². The molecule has 0 spiro atoms. The van der Waals surface area contributed by atoms with Gasteiger partial charge in [0.15, 0.2) is 0 Å². The van der Waals surface area contributed by atoms with Crippen LogP contribution < -0.4 is 0 Å². The van der Waals surface area contributed by atoms with Crippen LogP contribution in [0.4, 0.5) is 0 Å². The summed E-state index contributed by atoms with van der Waals surface area (Å²) < 4.78 is 17.8. The van der Waals surface area contributed by atoms with Gasteiger partial charge in [0.1, 0.15) is 0 Å². The van der Waals surface area contributed by atoms with Gasteiger partial charge in [0.25, 0.3) is 0 Å². The fourth-order valence-electron chi connectivity index (χ4n) is 0. The van der Waals surface area contributed by atoms with Gasteiger partial charge in [-0.3, -0.25) is 0 Å². The maximum absolute atomic E-state index is 8.88. The number of rotatable bonds is 0. The van der Waals surface area contributed by atoms with Crippen LogP contribution in [0.1, 0.15) is 0 Å². The van der Waals surface area contributed by atoms with Crippen LogP contribution >= 0.6 is 77.7 Å². The van der Waals surface area contributed by atoms with E-state index in [1.54, 1.807) is 0 Å². The van der Waals surface area contributed by atoms with E-state index in [9.17, 15) is 0 Å². The van der Waals surface area contributed by atoms with Gasteiger partial charge in [-0.2, -0.15) is 0 Å². The van der Waals surface area contributed by atoms with Crippen LogP contribution in [0.25, 0.3) is 0 Å². The van der Waals surface area contributed by atoms with Gasteiger partial charge < -0.3 is 29.4 Å². The van der Waals surface area contributed by atoms with Crippen molar-refractivity contribution in [2.45, 2.75) is 0 Å². The second-order valence-electron chi connectivity index (χ2n) is 1.03. The Labute approximate surface area is 116 Å². The Morgan fingerprint density at radius 1 is 0.467 bits per heavy atom. The minimum Gasteiger partial charge on any atom is -0.303 e. The fraction of sp³-hybridized carbons (Fsp3) is 0. The highest BCUT2D eigenvalue weighted by molar-refractivity contribution is 7.45. The van der Waals surface area contributed by atoms with Crippen molar-refractivity contribution in [1.29, 1.82) is 0 Å². The predicted molar refractivity (Wildman–Crippen MR) is 64.8 cm³/mol. The molecule has 0 saturated heterocycles. The number of halogens is 5. The topological polar surface area (TPSA) is 156 Å². The lowest BCUT2D eigenvalue weighted by molar-refractivity contribution is 0.272. The third kappa shape index (κ3) is 1050. The third-order valence-electron chi connectivity index (χ3n) is 0. The van der Waals surface area contributed by atoms with E-state index in [0.717, 1.165) is 0 Å². The smallest absolute Gasteiger partial charge is 0.303 e. The predicted octanol–water partition coefficient (Wildman–Crippen LogP) is 0.252. The SMILES string of the molecule is Cl.Cl.Cl.Cl.Cl.O=P(O)(O)O.O=P(O)(O)O. The Bertz CT molecular complexity index is 133. The van der Waals surface area contributed by atoms with Crippen LogP contribution in [0.15, 0.2) is 0 Å². The van der Waals surface area contributed by atoms with Gasteiger partial charge in [-0.05, 0) is 0 Å². The molecule has 0 unspecified atom stereocenters. The summed E-state index contributed by atoms with van der Waals surface area (Å²) >= 11 is 0. The molecular weight excluding hydrogens is 367 g/mol. The molecule has 0 amide bonds. The van der Waals surface area contributed by atoms with E-state index in [4.69, 9.17) is 38.5 Å². The normalized spacial score (nSPS) is 7.87. The molecule has 0 aliphatic rings.